The molecule has 5 nitrogen and oxygen atoms in total. The van der Waals surface area contributed by atoms with Crippen LogP contribution in [0, 0.1) is 45.8 Å². The molecule has 156 valence electrons. The second kappa shape index (κ2) is 6.40. The van der Waals surface area contributed by atoms with Crippen LogP contribution >= 0.6 is 0 Å². The van der Waals surface area contributed by atoms with Crippen molar-refractivity contribution in [1.82, 2.24) is 0 Å². The monoisotopic (exact) mass is 389 g/mol. The zero-order valence-electron chi connectivity index (χ0n) is 17.6. The summed E-state index contributed by atoms with van der Waals surface area (Å²) in [6.45, 7) is 9.10. The van der Waals surface area contributed by atoms with Gasteiger partial charge in [-0.25, -0.2) is 0 Å². The number of hydrogen-bond acceptors (Lipinski definition) is 4. The van der Waals surface area contributed by atoms with Crippen LogP contribution in [0.1, 0.15) is 53.4 Å². The molecule has 0 aromatic rings. The van der Waals surface area contributed by atoms with Gasteiger partial charge in [-0.1, -0.05) is 38.8 Å². The van der Waals surface area contributed by atoms with Crippen molar-refractivity contribution in [1.29, 1.82) is 0 Å². The predicted molar refractivity (Wildman–Crippen MR) is 106 cm³/mol. The Morgan fingerprint density at radius 1 is 1.36 bits per heavy atom. The van der Waals surface area contributed by atoms with Gasteiger partial charge in [0.15, 0.2) is 0 Å². The average molecular weight is 390 g/mol. The van der Waals surface area contributed by atoms with Crippen molar-refractivity contribution >= 4 is 12.3 Å². The number of carbonyl (C=O) groups excluding carboxylic acids is 1. The molecule has 28 heavy (non-hydrogen) atoms. The first-order valence-electron chi connectivity index (χ1n) is 10.9. The van der Waals surface area contributed by atoms with E-state index in [4.69, 9.17) is 10.5 Å². The van der Waals surface area contributed by atoms with Crippen molar-refractivity contribution < 1.29 is 19.4 Å². The van der Waals surface area contributed by atoms with Crippen LogP contribution in [0.5, 0.6) is 0 Å². The number of hydrogen-bond donors (Lipinski definition) is 2. The molecule has 0 aromatic heterocycles. The summed E-state index contributed by atoms with van der Waals surface area (Å²) in [6, 6.07) is -0.0914. The fourth-order valence-electron chi connectivity index (χ4n) is 8.06. The predicted octanol–water partition coefficient (Wildman–Crippen LogP) is 3.27. The molecule has 0 spiro atoms. The van der Waals surface area contributed by atoms with Gasteiger partial charge in [0.05, 0.1) is 18.6 Å². The third kappa shape index (κ3) is 2.10. The Morgan fingerprint density at radius 2 is 2.07 bits per heavy atom. The summed E-state index contributed by atoms with van der Waals surface area (Å²) >= 11 is 0. The van der Waals surface area contributed by atoms with Gasteiger partial charge in [0, 0.05) is 11.5 Å². The SMILES string of the molecule is CC(C)C1=C[C@H]2C[C@@]3(C=O)[C@@H]4CC[C@@H](C)[C@H]4C[C@@]2(COC[C@@H](C)N)[C@]13C(=O)O. The molecule has 0 aliphatic heterocycles. The van der Waals surface area contributed by atoms with E-state index in [-0.39, 0.29) is 23.8 Å². The molecule has 4 rings (SSSR count). The number of allylic oxidation sites excluding steroid dienone is 1. The van der Waals surface area contributed by atoms with E-state index in [1.165, 1.54) is 0 Å². The van der Waals surface area contributed by atoms with Crippen LogP contribution in [0.25, 0.3) is 0 Å². The highest BCUT2D eigenvalue weighted by Gasteiger charge is 2.84. The number of rotatable bonds is 7. The lowest BCUT2D eigenvalue weighted by Crippen LogP contribution is -2.63. The first-order valence-corrected chi connectivity index (χ1v) is 10.9. The maximum Gasteiger partial charge on any atom is 0.315 e. The molecule has 0 saturated heterocycles. The third-order valence-corrected chi connectivity index (χ3v) is 8.86. The van der Waals surface area contributed by atoms with Crippen molar-refractivity contribution in [2.24, 2.45) is 51.6 Å². The number of ether oxygens (including phenoxy) is 1. The summed E-state index contributed by atoms with van der Waals surface area (Å²) < 4.78 is 6.08. The third-order valence-electron chi connectivity index (χ3n) is 8.86. The first-order chi connectivity index (χ1) is 13.2. The fourth-order valence-corrected chi connectivity index (χ4v) is 8.06. The lowest BCUT2D eigenvalue weighted by molar-refractivity contribution is -0.186. The zero-order valence-corrected chi connectivity index (χ0v) is 17.6. The largest absolute Gasteiger partial charge is 0.481 e. The van der Waals surface area contributed by atoms with Gasteiger partial charge in [-0.15, -0.1) is 0 Å². The fraction of sp³-hybridized carbons (Fsp3) is 0.826. The van der Waals surface area contributed by atoms with Gasteiger partial charge < -0.3 is 20.4 Å². The summed E-state index contributed by atoms with van der Waals surface area (Å²) in [5.74, 6) is 0.484. The molecule has 4 aliphatic rings. The summed E-state index contributed by atoms with van der Waals surface area (Å²) in [6.07, 6.45) is 6.83. The van der Waals surface area contributed by atoms with E-state index in [0.29, 0.717) is 31.5 Å². The summed E-state index contributed by atoms with van der Waals surface area (Å²) in [7, 11) is 0. The molecule has 3 saturated carbocycles. The molecule has 3 N–H and O–H groups in total. The average Bonchev–Trinajstić information content (AvgIpc) is 3.18. The maximum absolute atomic E-state index is 13.2. The molecule has 4 aliphatic carbocycles. The molecule has 3 fully saturated rings. The number of carboxylic acid groups (broad SMARTS) is 1. The van der Waals surface area contributed by atoms with Crippen LogP contribution in [0.15, 0.2) is 11.6 Å². The van der Waals surface area contributed by atoms with E-state index in [2.05, 4.69) is 26.8 Å². The van der Waals surface area contributed by atoms with Gasteiger partial charge in [-0.3, -0.25) is 4.79 Å². The van der Waals surface area contributed by atoms with Crippen LogP contribution in [0.4, 0.5) is 0 Å². The Morgan fingerprint density at radius 3 is 2.64 bits per heavy atom. The minimum atomic E-state index is -1.14. The van der Waals surface area contributed by atoms with Crippen molar-refractivity contribution in [2.75, 3.05) is 13.2 Å². The van der Waals surface area contributed by atoms with Crippen LogP contribution in [0.2, 0.25) is 0 Å². The molecule has 0 heterocycles. The van der Waals surface area contributed by atoms with Crippen LogP contribution < -0.4 is 5.73 Å². The molecule has 0 amide bonds. The van der Waals surface area contributed by atoms with E-state index in [1.807, 2.05) is 6.92 Å². The highest BCUT2D eigenvalue weighted by Crippen LogP contribution is 2.82. The van der Waals surface area contributed by atoms with Gasteiger partial charge in [0.2, 0.25) is 0 Å². The Labute approximate surface area is 168 Å². The standard InChI is InChI=1S/C23H35NO4/c1-13(2)19-7-16-8-21(11-25)18-6-5-14(3)17(18)9-22(16,12-28-10-15(4)24)23(19,21)20(26)27/h7,11,13-18H,5-6,8-10,12,24H2,1-4H3,(H,26,27)/t14-,15-,16+,17-,18-,21-,22+,23+/m1/s1. The molecule has 0 radical (unpaired) electrons. The van der Waals surface area contributed by atoms with Gasteiger partial charge in [0.25, 0.3) is 0 Å². The van der Waals surface area contributed by atoms with E-state index in [9.17, 15) is 14.7 Å². The lowest BCUT2D eigenvalue weighted by Gasteiger charge is -2.58. The minimum absolute atomic E-state index is 0.0914. The highest BCUT2D eigenvalue weighted by atomic mass is 16.5. The summed E-state index contributed by atoms with van der Waals surface area (Å²) in [4.78, 5) is 26.0. The smallest absolute Gasteiger partial charge is 0.315 e. The molecule has 4 bridgehead atoms. The van der Waals surface area contributed by atoms with E-state index in [1.54, 1.807) is 0 Å². The molecule has 5 heteroatoms. The van der Waals surface area contributed by atoms with Crippen molar-refractivity contribution in [2.45, 2.75) is 59.4 Å². The molecular formula is C23H35NO4. The van der Waals surface area contributed by atoms with Crippen molar-refractivity contribution in [3.8, 4) is 0 Å². The number of nitrogens with two attached hydrogens (primary N) is 1. The Kier molecular flexibility index (Phi) is 4.59. The van der Waals surface area contributed by atoms with Gasteiger partial charge in [-0.2, -0.15) is 0 Å². The second-order valence-corrected chi connectivity index (χ2v) is 10.5. The zero-order chi connectivity index (χ0) is 20.5. The van der Waals surface area contributed by atoms with Crippen LogP contribution in [-0.2, 0) is 14.3 Å². The van der Waals surface area contributed by atoms with Crippen molar-refractivity contribution in [3.05, 3.63) is 11.6 Å². The van der Waals surface area contributed by atoms with Gasteiger partial charge in [0.1, 0.15) is 11.7 Å². The van der Waals surface area contributed by atoms with E-state index < -0.39 is 22.2 Å². The summed E-state index contributed by atoms with van der Waals surface area (Å²) in [5.41, 5.74) is 4.40. The van der Waals surface area contributed by atoms with E-state index in [0.717, 1.165) is 31.1 Å². The second-order valence-electron chi connectivity index (χ2n) is 10.5. The highest BCUT2D eigenvalue weighted by molar-refractivity contribution is 5.90. The summed E-state index contributed by atoms with van der Waals surface area (Å²) in [5, 5.41) is 10.8. The minimum Gasteiger partial charge on any atom is -0.481 e. The number of fused-ring (bicyclic) bond motifs is 2. The van der Waals surface area contributed by atoms with Gasteiger partial charge in [-0.05, 0) is 55.8 Å². The number of carbonyl (C=O) groups is 2. The number of aldehydes is 1. The lowest BCUT2D eigenvalue weighted by atomic mass is 9.43. The Balaban J connectivity index is 1.90. The molecular weight excluding hydrogens is 354 g/mol. The number of carboxylic acids is 1. The van der Waals surface area contributed by atoms with Crippen LogP contribution in [-0.4, -0.2) is 36.6 Å². The first kappa shape index (κ1) is 20.1. The topological polar surface area (TPSA) is 89.6 Å². The van der Waals surface area contributed by atoms with E-state index >= 15 is 0 Å². The quantitative estimate of drug-likeness (QED) is 0.515. The number of aliphatic carboxylic acids is 1. The van der Waals surface area contributed by atoms with Crippen molar-refractivity contribution in [3.63, 3.8) is 0 Å². The molecule has 0 aromatic carbocycles. The normalized spacial score (nSPS) is 47.1. The van der Waals surface area contributed by atoms with Crippen LogP contribution in [0.3, 0.4) is 0 Å². The maximum atomic E-state index is 13.2. The Hall–Kier alpha value is -1.20. The molecule has 8 atom stereocenters. The Bertz CT molecular complexity index is 715. The van der Waals surface area contributed by atoms with Gasteiger partial charge >= 0.3 is 5.97 Å². The molecule has 0 unspecified atom stereocenters.